The molecule has 8 heteroatoms. The Morgan fingerprint density at radius 2 is 2.17 bits per heavy atom. The topological polar surface area (TPSA) is 75.0 Å². The highest BCUT2D eigenvalue weighted by Crippen LogP contribution is 2.20. The van der Waals surface area contributed by atoms with Crippen molar-refractivity contribution in [3.63, 3.8) is 0 Å². The zero-order valence-electron chi connectivity index (χ0n) is 13.4. The van der Waals surface area contributed by atoms with E-state index in [9.17, 15) is 0 Å². The number of hydrogen-bond acceptors (Lipinski definition) is 5. The van der Waals surface area contributed by atoms with Gasteiger partial charge in [0.05, 0.1) is 22.4 Å². The molecule has 4 aromatic rings. The Balaban J connectivity index is 1.56. The smallest absolute Gasteiger partial charge is 0.200 e. The second-order valence-corrected chi connectivity index (χ2v) is 6.22. The molecule has 0 aliphatic rings. The predicted octanol–water partition coefficient (Wildman–Crippen LogP) is 2.64. The normalized spacial score (nSPS) is 11.5. The average Bonchev–Trinajstić information content (AvgIpc) is 3.17. The van der Waals surface area contributed by atoms with E-state index in [-0.39, 0.29) is 0 Å². The maximum absolute atomic E-state index is 6.02. The van der Waals surface area contributed by atoms with Crippen LogP contribution in [0.2, 0.25) is 5.02 Å². The van der Waals surface area contributed by atoms with Gasteiger partial charge in [-0.05, 0) is 31.2 Å². The molecule has 3 heterocycles. The van der Waals surface area contributed by atoms with Crippen LogP contribution in [-0.4, -0.2) is 43.4 Å². The number of H-pyrrole nitrogens is 1. The van der Waals surface area contributed by atoms with Crippen molar-refractivity contribution in [1.29, 1.82) is 0 Å². The molecule has 0 radical (unpaired) electrons. The second kappa shape index (κ2) is 5.76. The van der Waals surface area contributed by atoms with Gasteiger partial charge in [0, 0.05) is 25.0 Å². The number of aryl methyl sites for hydroxylation is 1. The Hall–Kier alpha value is -2.67. The Morgan fingerprint density at radius 3 is 3.04 bits per heavy atom. The molecule has 0 saturated carbocycles. The Bertz CT molecular complexity index is 1020. The summed E-state index contributed by atoms with van der Waals surface area (Å²) >= 11 is 6.02. The number of halogens is 1. The van der Waals surface area contributed by atoms with Gasteiger partial charge in [-0.1, -0.05) is 11.6 Å². The third-order valence-electron chi connectivity index (χ3n) is 3.96. The number of likely N-dealkylation sites (N-methyl/N-ethyl adjacent to an activating group) is 1. The van der Waals surface area contributed by atoms with E-state index in [4.69, 9.17) is 11.6 Å². The van der Waals surface area contributed by atoms with Gasteiger partial charge in [-0.2, -0.15) is 9.61 Å². The highest BCUT2D eigenvalue weighted by molar-refractivity contribution is 6.31. The first kappa shape index (κ1) is 14.9. The Morgan fingerprint density at radius 1 is 1.29 bits per heavy atom. The molecule has 0 saturated heterocycles. The predicted molar refractivity (Wildman–Crippen MR) is 93.6 cm³/mol. The number of rotatable bonds is 4. The monoisotopic (exact) mass is 341 g/mol. The number of hydrogen-bond donors (Lipinski definition) is 1. The minimum Gasteiger partial charge on any atom is -0.371 e. The van der Waals surface area contributed by atoms with Gasteiger partial charge < -0.3 is 9.88 Å². The van der Waals surface area contributed by atoms with Crippen LogP contribution < -0.4 is 4.90 Å². The summed E-state index contributed by atoms with van der Waals surface area (Å²) in [5.74, 6) is 0.933. The fourth-order valence-corrected chi connectivity index (χ4v) is 2.93. The highest BCUT2D eigenvalue weighted by Gasteiger charge is 2.12. The van der Waals surface area contributed by atoms with E-state index in [2.05, 4.69) is 30.2 Å². The fourth-order valence-electron chi connectivity index (χ4n) is 2.76. The Labute approximate surface area is 143 Å². The summed E-state index contributed by atoms with van der Waals surface area (Å²) in [6.45, 7) is 2.75. The third-order valence-corrected chi connectivity index (χ3v) is 4.19. The largest absolute Gasteiger partial charge is 0.371 e. The van der Waals surface area contributed by atoms with Crippen LogP contribution in [0.4, 0.5) is 5.69 Å². The molecular formula is C16H16ClN7. The van der Waals surface area contributed by atoms with E-state index in [0.717, 1.165) is 46.9 Å². The van der Waals surface area contributed by atoms with Gasteiger partial charge >= 0.3 is 0 Å². The standard InChI is InChI=1S/C16H16ClN7/c1-10-7-14(16-21-18-9-24(16)22-10)23(2)6-5-15-19-12-4-3-11(17)8-13(12)20-15/h3-4,7-9H,5-6H2,1-2H3,(H,19,20). The van der Waals surface area contributed by atoms with Gasteiger partial charge in [-0.15, -0.1) is 10.2 Å². The molecule has 0 spiro atoms. The van der Waals surface area contributed by atoms with E-state index in [1.54, 1.807) is 10.8 Å². The van der Waals surface area contributed by atoms with Crippen molar-refractivity contribution < 1.29 is 0 Å². The van der Waals surface area contributed by atoms with Crippen molar-refractivity contribution in [1.82, 2.24) is 29.8 Å². The number of benzene rings is 1. The van der Waals surface area contributed by atoms with Crippen LogP contribution in [0.25, 0.3) is 16.7 Å². The van der Waals surface area contributed by atoms with Gasteiger partial charge in [-0.3, -0.25) is 0 Å². The lowest BCUT2D eigenvalue weighted by Crippen LogP contribution is -2.22. The van der Waals surface area contributed by atoms with E-state index in [0.29, 0.717) is 5.02 Å². The summed E-state index contributed by atoms with van der Waals surface area (Å²) < 4.78 is 1.70. The minimum absolute atomic E-state index is 0.705. The lowest BCUT2D eigenvalue weighted by atomic mass is 10.3. The third kappa shape index (κ3) is 2.67. The summed E-state index contributed by atoms with van der Waals surface area (Å²) in [7, 11) is 2.03. The van der Waals surface area contributed by atoms with Crippen molar-refractivity contribution in [2.75, 3.05) is 18.5 Å². The maximum atomic E-state index is 6.02. The van der Waals surface area contributed by atoms with Crippen LogP contribution in [0.5, 0.6) is 0 Å². The number of nitrogens with one attached hydrogen (secondary N) is 1. The van der Waals surface area contributed by atoms with E-state index < -0.39 is 0 Å². The summed E-state index contributed by atoms with van der Waals surface area (Å²) in [5.41, 5.74) is 4.55. The van der Waals surface area contributed by atoms with Crippen molar-refractivity contribution in [3.8, 4) is 0 Å². The maximum Gasteiger partial charge on any atom is 0.200 e. The SMILES string of the molecule is Cc1cc(N(C)CCc2nc3ccc(Cl)cc3[nH]2)c2nncn2n1. The molecule has 0 fully saturated rings. The molecule has 3 aromatic heterocycles. The molecule has 24 heavy (non-hydrogen) atoms. The van der Waals surface area contributed by atoms with Crippen LogP contribution in [0.3, 0.4) is 0 Å². The summed E-state index contributed by atoms with van der Waals surface area (Å²) in [6, 6.07) is 7.68. The number of nitrogens with zero attached hydrogens (tertiary/aromatic N) is 6. The number of fused-ring (bicyclic) bond motifs is 2. The van der Waals surface area contributed by atoms with E-state index in [1.165, 1.54) is 0 Å². The van der Waals surface area contributed by atoms with Crippen molar-refractivity contribution >= 4 is 34.0 Å². The van der Waals surface area contributed by atoms with Gasteiger partial charge in [0.15, 0.2) is 0 Å². The molecule has 1 N–H and O–H groups in total. The van der Waals surface area contributed by atoms with E-state index >= 15 is 0 Å². The number of aromatic nitrogens is 6. The second-order valence-electron chi connectivity index (χ2n) is 5.79. The van der Waals surface area contributed by atoms with Crippen molar-refractivity contribution in [2.45, 2.75) is 13.3 Å². The number of imidazole rings is 1. The first-order valence-corrected chi connectivity index (χ1v) is 8.01. The molecule has 0 aliphatic heterocycles. The van der Waals surface area contributed by atoms with Gasteiger partial charge in [-0.25, -0.2) is 4.98 Å². The van der Waals surface area contributed by atoms with Crippen LogP contribution in [-0.2, 0) is 6.42 Å². The Kier molecular flexibility index (Phi) is 3.57. The molecule has 4 rings (SSSR count). The fraction of sp³-hybridized carbons (Fsp3) is 0.250. The van der Waals surface area contributed by atoms with E-state index in [1.807, 2.05) is 38.2 Å². The van der Waals surface area contributed by atoms with Crippen molar-refractivity contribution in [3.05, 3.63) is 47.1 Å². The molecule has 0 bridgehead atoms. The lowest BCUT2D eigenvalue weighted by Gasteiger charge is -2.19. The summed E-state index contributed by atoms with van der Waals surface area (Å²) in [4.78, 5) is 10.1. The van der Waals surface area contributed by atoms with Gasteiger partial charge in [0.2, 0.25) is 5.65 Å². The zero-order chi connectivity index (χ0) is 16.7. The molecular weight excluding hydrogens is 326 g/mol. The lowest BCUT2D eigenvalue weighted by molar-refractivity contribution is 0.825. The number of aromatic amines is 1. The first-order valence-electron chi connectivity index (χ1n) is 7.63. The average molecular weight is 342 g/mol. The molecule has 0 amide bonds. The molecule has 122 valence electrons. The van der Waals surface area contributed by atoms with Crippen LogP contribution >= 0.6 is 11.6 Å². The molecule has 0 atom stereocenters. The highest BCUT2D eigenvalue weighted by atomic mass is 35.5. The van der Waals surface area contributed by atoms with Gasteiger partial charge in [0.25, 0.3) is 0 Å². The molecule has 0 aliphatic carbocycles. The summed E-state index contributed by atoms with van der Waals surface area (Å²) in [5, 5.41) is 13.2. The van der Waals surface area contributed by atoms with Crippen LogP contribution in [0.15, 0.2) is 30.6 Å². The molecule has 0 unspecified atom stereocenters. The van der Waals surface area contributed by atoms with Crippen molar-refractivity contribution in [2.24, 2.45) is 0 Å². The quantitative estimate of drug-likeness (QED) is 0.617. The molecule has 1 aromatic carbocycles. The van der Waals surface area contributed by atoms with Crippen LogP contribution in [0, 0.1) is 6.92 Å². The first-order chi connectivity index (χ1) is 11.6. The summed E-state index contributed by atoms with van der Waals surface area (Å²) in [6.07, 6.45) is 2.40. The number of anilines is 1. The minimum atomic E-state index is 0.705. The van der Waals surface area contributed by atoms with Gasteiger partial charge in [0.1, 0.15) is 12.2 Å². The van der Waals surface area contributed by atoms with Crippen LogP contribution in [0.1, 0.15) is 11.5 Å². The molecule has 7 nitrogen and oxygen atoms in total. The zero-order valence-corrected chi connectivity index (χ0v) is 14.1.